The molecule has 3 unspecified atom stereocenters. The smallest absolute Gasteiger partial charge is 0.409 e. The van der Waals surface area contributed by atoms with Crippen LogP contribution in [0.15, 0.2) is 101 Å². The van der Waals surface area contributed by atoms with Gasteiger partial charge in [-0.1, -0.05) is 109 Å². The van der Waals surface area contributed by atoms with Crippen LogP contribution in [-0.4, -0.2) is 48.9 Å². The van der Waals surface area contributed by atoms with Crippen LogP contribution in [0.1, 0.15) is 68.1 Å². The Morgan fingerprint density at radius 1 is 0.955 bits per heavy atom. The van der Waals surface area contributed by atoms with Crippen LogP contribution in [-0.2, 0) is 19.7 Å². The van der Waals surface area contributed by atoms with E-state index >= 15 is 0 Å². The summed E-state index contributed by atoms with van der Waals surface area (Å²) in [6.07, 6.45) is 16.5. The third-order valence-electron chi connectivity index (χ3n) is 9.27. The molecule has 0 bridgehead atoms. The zero-order valence-electron chi connectivity index (χ0n) is 25.5. The van der Waals surface area contributed by atoms with Crippen molar-refractivity contribution in [3.63, 3.8) is 0 Å². The molecule has 0 saturated carbocycles. The summed E-state index contributed by atoms with van der Waals surface area (Å²) in [6, 6.07) is 16.2. The number of hydrogen-bond acceptors (Lipinski definition) is 4. The largest absolute Gasteiger partial charge is 0.449 e. The van der Waals surface area contributed by atoms with Crippen molar-refractivity contribution in [2.75, 3.05) is 26.2 Å². The number of carbonyl (C=O) groups excluding carboxylic acids is 3. The highest BCUT2D eigenvalue weighted by atomic mass is 79.9. The van der Waals surface area contributed by atoms with E-state index in [2.05, 4.69) is 77.6 Å². The Hall–Kier alpha value is -3.71. The Balaban J connectivity index is 1.26. The molecule has 1 heterocycles. The fraction of sp³-hybridized carbons (Fsp3) is 0.378. The third-order valence-corrected chi connectivity index (χ3v) is 9.79. The second kappa shape index (κ2) is 14.4. The molecule has 230 valence electrons. The highest BCUT2D eigenvalue weighted by molar-refractivity contribution is 9.10. The summed E-state index contributed by atoms with van der Waals surface area (Å²) in [4.78, 5) is 41.7. The fourth-order valence-corrected chi connectivity index (χ4v) is 6.75. The van der Waals surface area contributed by atoms with Crippen molar-refractivity contribution in [2.24, 2.45) is 5.92 Å². The predicted octanol–water partition coefficient (Wildman–Crippen LogP) is 7.53. The van der Waals surface area contributed by atoms with Crippen LogP contribution in [0.2, 0.25) is 0 Å². The van der Waals surface area contributed by atoms with Crippen LogP contribution in [0.3, 0.4) is 0 Å². The summed E-state index contributed by atoms with van der Waals surface area (Å²) in [5.41, 5.74) is 3.12. The number of nitrogens with zero attached hydrogens (tertiary/aromatic N) is 1. The van der Waals surface area contributed by atoms with Crippen LogP contribution in [0.25, 0.3) is 0 Å². The quantitative estimate of drug-likeness (QED) is 0.334. The van der Waals surface area contributed by atoms with Gasteiger partial charge in [-0.2, -0.15) is 0 Å². The SMILES string of the molecule is CC1/C=C\C=C/C(C)C(COC(=O)N2CCC(C(=O)NCC(=O)C3=CCCC=C3)(c3ccc(Br)cc3)CC2)c2ccccc21. The number of carbonyl (C=O) groups is 3. The average Bonchev–Trinajstić information content (AvgIpc) is 3.11. The number of hydrogen-bond donors (Lipinski definition) is 1. The van der Waals surface area contributed by atoms with Gasteiger partial charge < -0.3 is 15.0 Å². The molecule has 0 radical (unpaired) electrons. The molecule has 5 rings (SSSR count). The first-order valence-electron chi connectivity index (χ1n) is 15.6. The lowest BCUT2D eigenvalue weighted by atomic mass is 9.72. The number of amides is 2. The van der Waals surface area contributed by atoms with Gasteiger partial charge in [0.2, 0.25) is 5.91 Å². The van der Waals surface area contributed by atoms with Crippen molar-refractivity contribution in [1.82, 2.24) is 10.2 Å². The Labute approximate surface area is 269 Å². The van der Waals surface area contributed by atoms with Gasteiger partial charge in [-0.15, -0.1) is 0 Å². The number of nitrogens with one attached hydrogen (secondary N) is 1. The van der Waals surface area contributed by atoms with Crippen LogP contribution in [0.5, 0.6) is 0 Å². The highest BCUT2D eigenvalue weighted by Gasteiger charge is 2.44. The van der Waals surface area contributed by atoms with E-state index in [1.807, 2.05) is 48.6 Å². The van der Waals surface area contributed by atoms with Crippen molar-refractivity contribution >= 4 is 33.7 Å². The molecule has 1 aliphatic heterocycles. The van der Waals surface area contributed by atoms with E-state index in [0.29, 0.717) is 31.5 Å². The number of allylic oxidation sites excluding steroid dienone is 7. The van der Waals surface area contributed by atoms with Gasteiger partial charge in [0.1, 0.15) is 6.61 Å². The number of ether oxygens (including phenoxy) is 1. The third kappa shape index (κ3) is 7.15. The number of likely N-dealkylation sites (tertiary alicyclic amines) is 1. The standard InChI is InChI=1S/C37H41BrN2O4/c1-26-10-6-7-11-27(2)33(32-15-9-8-14-31(26)32)25-44-36(43)40-22-20-37(21-23-40,29-16-18-30(38)19-17-29)35(42)39-24-34(41)28-12-4-3-5-13-28/h4,6-19,26-27,33H,3,5,20-25H2,1-2H3,(H,39,42)/b10-6-,11-7-. The molecule has 1 N–H and O–H groups in total. The molecule has 3 atom stereocenters. The lowest BCUT2D eigenvalue weighted by Crippen LogP contribution is -2.53. The normalized spacial score (nSPS) is 24.0. The van der Waals surface area contributed by atoms with Crippen molar-refractivity contribution in [2.45, 2.75) is 56.8 Å². The van der Waals surface area contributed by atoms with Crippen LogP contribution >= 0.6 is 15.9 Å². The van der Waals surface area contributed by atoms with Gasteiger partial charge in [-0.25, -0.2) is 4.79 Å². The lowest BCUT2D eigenvalue weighted by molar-refractivity contribution is -0.130. The summed E-state index contributed by atoms with van der Waals surface area (Å²) in [6.45, 7) is 5.32. The summed E-state index contributed by atoms with van der Waals surface area (Å²) < 4.78 is 6.91. The first-order chi connectivity index (χ1) is 21.3. The van der Waals surface area contributed by atoms with Crippen molar-refractivity contribution in [3.05, 3.63) is 118 Å². The van der Waals surface area contributed by atoms with E-state index < -0.39 is 5.41 Å². The highest BCUT2D eigenvalue weighted by Crippen LogP contribution is 2.38. The fourth-order valence-electron chi connectivity index (χ4n) is 6.49. The van der Waals surface area contributed by atoms with Crippen LogP contribution < -0.4 is 5.32 Å². The number of halogens is 1. The second-order valence-electron chi connectivity index (χ2n) is 12.1. The molecule has 0 spiro atoms. The Morgan fingerprint density at radius 3 is 2.36 bits per heavy atom. The van der Waals surface area contributed by atoms with Gasteiger partial charge >= 0.3 is 6.09 Å². The second-order valence-corrected chi connectivity index (χ2v) is 13.0. The van der Waals surface area contributed by atoms with Gasteiger partial charge in [-0.05, 0) is 66.3 Å². The zero-order chi connectivity index (χ0) is 31.1. The molecule has 1 saturated heterocycles. The molecule has 44 heavy (non-hydrogen) atoms. The Bertz CT molecular complexity index is 1480. The summed E-state index contributed by atoms with van der Waals surface area (Å²) in [5, 5.41) is 2.93. The maximum atomic E-state index is 13.8. The molecule has 2 amide bonds. The van der Waals surface area contributed by atoms with E-state index in [1.165, 1.54) is 11.1 Å². The molecule has 7 heteroatoms. The molecule has 0 aromatic heterocycles. The predicted molar refractivity (Wildman–Crippen MR) is 177 cm³/mol. The minimum Gasteiger partial charge on any atom is -0.449 e. The maximum absolute atomic E-state index is 13.8. The first-order valence-corrected chi connectivity index (χ1v) is 16.4. The van der Waals surface area contributed by atoms with Gasteiger partial charge in [0.25, 0.3) is 0 Å². The molecule has 1 fully saturated rings. The van der Waals surface area contributed by atoms with Gasteiger partial charge in [-0.3, -0.25) is 9.59 Å². The van der Waals surface area contributed by atoms with Gasteiger partial charge in [0.05, 0.1) is 12.0 Å². The molecular formula is C37H41BrN2O4. The maximum Gasteiger partial charge on any atom is 0.409 e. The number of fused-ring (bicyclic) bond motifs is 1. The van der Waals surface area contributed by atoms with Crippen molar-refractivity contribution in [3.8, 4) is 0 Å². The van der Waals surface area contributed by atoms with E-state index in [1.54, 1.807) is 4.90 Å². The Morgan fingerprint density at radius 2 is 1.66 bits per heavy atom. The number of piperidine rings is 1. The number of benzene rings is 2. The van der Waals surface area contributed by atoms with E-state index in [4.69, 9.17) is 4.74 Å². The van der Waals surface area contributed by atoms with Gasteiger partial charge in [0, 0.05) is 29.1 Å². The topological polar surface area (TPSA) is 75.7 Å². The summed E-state index contributed by atoms with van der Waals surface area (Å²) in [5.74, 6) is 0.175. The molecule has 3 aliphatic rings. The van der Waals surface area contributed by atoms with E-state index in [-0.39, 0.29) is 48.7 Å². The monoisotopic (exact) mass is 656 g/mol. The molecule has 2 aromatic carbocycles. The molecular weight excluding hydrogens is 616 g/mol. The molecule has 6 nitrogen and oxygen atoms in total. The zero-order valence-corrected chi connectivity index (χ0v) is 27.1. The van der Waals surface area contributed by atoms with Crippen molar-refractivity contribution in [1.29, 1.82) is 0 Å². The number of ketones is 1. The van der Waals surface area contributed by atoms with E-state index in [0.717, 1.165) is 22.9 Å². The lowest BCUT2D eigenvalue weighted by Gasteiger charge is -2.40. The van der Waals surface area contributed by atoms with Crippen LogP contribution in [0, 0.1) is 5.92 Å². The van der Waals surface area contributed by atoms with Crippen LogP contribution in [0.4, 0.5) is 4.79 Å². The number of rotatable bonds is 7. The summed E-state index contributed by atoms with van der Waals surface area (Å²) >= 11 is 3.49. The first kappa shape index (κ1) is 31.7. The minimum atomic E-state index is -0.853. The number of Topliss-reactive ketones (excluding diaryl/α,β-unsaturated/α-hetero) is 1. The average molecular weight is 658 g/mol. The van der Waals surface area contributed by atoms with Crippen molar-refractivity contribution < 1.29 is 19.1 Å². The molecule has 2 aromatic rings. The molecule has 2 aliphatic carbocycles. The van der Waals surface area contributed by atoms with E-state index in [9.17, 15) is 14.4 Å². The van der Waals surface area contributed by atoms with Gasteiger partial charge in [0.15, 0.2) is 5.78 Å². The summed E-state index contributed by atoms with van der Waals surface area (Å²) in [7, 11) is 0. The minimum absolute atomic E-state index is 0.0258. The Kier molecular flexibility index (Phi) is 10.4.